The predicted molar refractivity (Wildman–Crippen MR) is 89.2 cm³/mol. The van der Waals surface area contributed by atoms with Gasteiger partial charge in [-0.25, -0.2) is 0 Å². The summed E-state index contributed by atoms with van der Waals surface area (Å²) in [5.74, 6) is 0.578. The Bertz CT molecular complexity index is 719. The fraction of sp³-hybridized carbons (Fsp3) is 0.250. The van der Waals surface area contributed by atoms with Gasteiger partial charge in [0.2, 0.25) is 0 Å². The van der Waals surface area contributed by atoms with E-state index in [1.807, 2.05) is 41.3 Å². The Morgan fingerprint density at radius 2 is 1.73 bits per heavy atom. The Labute approximate surface area is 131 Å². The SMILES string of the molecule is O=C(c1ccccc1)N1c2ccccc2C2CCC=CCC21. The highest BCUT2D eigenvalue weighted by Gasteiger charge is 2.41. The lowest BCUT2D eigenvalue weighted by molar-refractivity contribution is 0.0977. The van der Waals surface area contributed by atoms with Gasteiger partial charge in [0.05, 0.1) is 0 Å². The van der Waals surface area contributed by atoms with Gasteiger partial charge in [-0.05, 0) is 43.0 Å². The van der Waals surface area contributed by atoms with E-state index in [1.54, 1.807) is 0 Å². The Kier molecular flexibility index (Phi) is 3.30. The van der Waals surface area contributed by atoms with Crippen molar-refractivity contribution in [3.05, 3.63) is 77.9 Å². The Hall–Kier alpha value is -2.35. The number of para-hydroxylation sites is 1. The predicted octanol–water partition coefficient (Wildman–Crippen LogP) is 4.54. The molecule has 0 saturated heterocycles. The average Bonchev–Trinajstić information content (AvgIpc) is 2.72. The molecule has 4 rings (SSSR count). The molecule has 1 aliphatic carbocycles. The van der Waals surface area contributed by atoms with Crippen LogP contribution in [0.5, 0.6) is 0 Å². The van der Waals surface area contributed by atoms with Gasteiger partial charge in [-0.15, -0.1) is 0 Å². The molecule has 0 aromatic heterocycles. The monoisotopic (exact) mass is 289 g/mol. The van der Waals surface area contributed by atoms with E-state index in [0.717, 1.165) is 30.5 Å². The molecule has 2 unspecified atom stereocenters. The molecule has 1 aliphatic heterocycles. The zero-order valence-electron chi connectivity index (χ0n) is 12.5. The summed E-state index contributed by atoms with van der Waals surface area (Å²) < 4.78 is 0. The summed E-state index contributed by atoms with van der Waals surface area (Å²) in [6, 6.07) is 18.3. The van der Waals surface area contributed by atoms with Crippen LogP contribution in [-0.2, 0) is 0 Å². The van der Waals surface area contributed by atoms with E-state index in [-0.39, 0.29) is 11.9 Å². The van der Waals surface area contributed by atoms with Gasteiger partial charge in [-0.3, -0.25) is 4.79 Å². The van der Waals surface area contributed by atoms with E-state index in [9.17, 15) is 4.79 Å². The molecule has 2 heteroatoms. The van der Waals surface area contributed by atoms with Crippen molar-refractivity contribution in [2.75, 3.05) is 4.90 Å². The number of nitrogens with zero attached hydrogens (tertiary/aromatic N) is 1. The first-order valence-electron chi connectivity index (χ1n) is 7.99. The topological polar surface area (TPSA) is 20.3 Å². The van der Waals surface area contributed by atoms with Crippen LogP contribution in [-0.4, -0.2) is 11.9 Å². The molecule has 110 valence electrons. The first-order chi connectivity index (χ1) is 10.9. The second-order valence-electron chi connectivity index (χ2n) is 6.06. The molecule has 2 aliphatic rings. The summed E-state index contributed by atoms with van der Waals surface area (Å²) in [5, 5.41) is 0. The number of amides is 1. The minimum atomic E-state index is 0.121. The fourth-order valence-electron chi connectivity index (χ4n) is 3.81. The lowest BCUT2D eigenvalue weighted by Gasteiger charge is -2.27. The minimum absolute atomic E-state index is 0.121. The highest BCUT2D eigenvalue weighted by Crippen LogP contribution is 2.46. The van der Waals surface area contributed by atoms with E-state index in [1.165, 1.54) is 5.56 Å². The van der Waals surface area contributed by atoms with E-state index in [2.05, 4.69) is 30.4 Å². The quantitative estimate of drug-likeness (QED) is 0.706. The largest absolute Gasteiger partial charge is 0.304 e. The lowest BCUT2D eigenvalue weighted by Crippen LogP contribution is -2.38. The summed E-state index contributed by atoms with van der Waals surface area (Å²) in [4.78, 5) is 15.1. The molecule has 0 saturated carbocycles. The lowest BCUT2D eigenvalue weighted by atomic mass is 9.90. The number of carbonyl (C=O) groups is 1. The van der Waals surface area contributed by atoms with E-state index < -0.39 is 0 Å². The zero-order chi connectivity index (χ0) is 14.9. The maximum absolute atomic E-state index is 13.1. The van der Waals surface area contributed by atoms with Crippen LogP contribution in [0.4, 0.5) is 5.69 Å². The van der Waals surface area contributed by atoms with Crippen LogP contribution in [0.3, 0.4) is 0 Å². The number of fused-ring (bicyclic) bond motifs is 3. The molecule has 0 spiro atoms. The van der Waals surface area contributed by atoms with Crippen molar-refractivity contribution in [3.63, 3.8) is 0 Å². The third kappa shape index (κ3) is 2.07. The van der Waals surface area contributed by atoms with Crippen LogP contribution >= 0.6 is 0 Å². The van der Waals surface area contributed by atoms with Crippen molar-refractivity contribution in [1.29, 1.82) is 0 Å². The molecule has 0 N–H and O–H groups in total. The summed E-state index contributed by atoms with van der Waals surface area (Å²) >= 11 is 0. The molecule has 2 atom stereocenters. The summed E-state index contributed by atoms with van der Waals surface area (Å²) in [5.41, 5.74) is 3.20. The van der Waals surface area contributed by atoms with Crippen LogP contribution in [0.1, 0.15) is 41.1 Å². The van der Waals surface area contributed by atoms with Crippen molar-refractivity contribution in [2.45, 2.75) is 31.2 Å². The third-order valence-corrected chi connectivity index (χ3v) is 4.82. The molecule has 0 bridgehead atoms. The van der Waals surface area contributed by atoms with Crippen molar-refractivity contribution in [2.24, 2.45) is 0 Å². The maximum atomic E-state index is 13.1. The number of rotatable bonds is 1. The normalized spacial score (nSPS) is 22.8. The van der Waals surface area contributed by atoms with Crippen molar-refractivity contribution in [1.82, 2.24) is 0 Å². The number of carbonyl (C=O) groups excluding carboxylic acids is 1. The minimum Gasteiger partial charge on any atom is -0.304 e. The Morgan fingerprint density at radius 3 is 2.59 bits per heavy atom. The van der Waals surface area contributed by atoms with Gasteiger partial charge in [0.1, 0.15) is 0 Å². The second kappa shape index (κ2) is 5.45. The Morgan fingerprint density at radius 1 is 0.955 bits per heavy atom. The molecule has 2 aromatic rings. The van der Waals surface area contributed by atoms with Crippen LogP contribution in [0.25, 0.3) is 0 Å². The average molecular weight is 289 g/mol. The number of allylic oxidation sites excluding steroid dienone is 1. The maximum Gasteiger partial charge on any atom is 0.258 e. The van der Waals surface area contributed by atoms with Gasteiger partial charge in [-0.1, -0.05) is 48.6 Å². The highest BCUT2D eigenvalue weighted by molar-refractivity contribution is 6.08. The van der Waals surface area contributed by atoms with Crippen LogP contribution in [0.15, 0.2) is 66.7 Å². The van der Waals surface area contributed by atoms with Crippen LogP contribution in [0.2, 0.25) is 0 Å². The van der Waals surface area contributed by atoms with E-state index in [0.29, 0.717) is 5.92 Å². The molecule has 22 heavy (non-hydrogen) atoms. The van der Waals surface area contributed by atoms with E-state index >= 15 is 0 Å². The van der Waals surface area contributed by atoms with E-state index in [4.69, 9.17) is 0 Å². The standard InChI is InChI=1S/C20H19NO/c22-20(15-9-3-1-4-10-15)21-18-13-6-2-5-11-16(18)17-12-7-8-14-19(17)21/h1-4,6-10,12,14,16,18H,5,11,13H2. The first kappa shape index (κ1) is 13.3. The fourth-order valence-corrected chi connectivity index (χ4v) is 3.81. The van der Waals surface area contributed by atoms with Gasteiger partial charge in [0.15, 0.2) is 0 Å². The summed E-state index contributed by atoms with van der Waals surface area (Å²) in [6.07, 6.45) is 7.66. The van der Waals surface area contributed by atoms with Crippen LogP contribution in [0, 0.1) is 0 Å². The highest BCUT2D eigenvalue weighted by atomic mass is 16.2. The number of anilines is 1. The number of hydrogen-bond acceptors (Lipinski definition) is 1. The van der Waals surface area contributed by atoms with Gasteiger partial charge in [-0.2, -0.15) is 0 Å². The molecule has 2 aromatic carbocycles. The molecular weight excluding hydrogens is 270 g/mol. The smallest absolute Gasteiger partial charge is 0.258 e. The molecule has 1 heterocycles. The van der Waals surface area contributed by atoms with Crippen molar-refractivity contribution >= 4 is 11.6 Å². The summed E-state index contributed by atoms with van der Waals surface area (Å²) in [6.45, 7) is 0. The van der Waals surface area contributed by atoms with Crippen LogP contribution < -0.4 is 4.90 Å². The number of hydrogen-bond donors (Lipinski definition) is 0. The van der Waals surface area contributed by atoms with Gasteiger partial charge in [0.25, 0.3) is 5.91 Å². The molecule has 0 fully saturated rings. The van der Waals surface area contributed by atoms with Gasteiger partial charge < -0.3 is 4.90 Å². The molecule has 0 radical (unpaired) electrons. The molecule has 2 nitrogen and oxygen atoms in total. The van der Waals surface area contributed by atoms with Crippen molar-refractivity contribution < 1.29 is 4.79 Å². The molecular formula is C20H19NO. The first-order valence-corrected chi connectivity index (χ1v) is 7.99. The van der Waals surface area contributed by atoms with Crippen molar-refractivity contribution in [3.8, 4) is 0 Å². The third-order valence-electron chi connectivity index (χ3n) is 4.82. The zero-order valence-corrected chi connectivity index (χ0v) is 12.5. The molecule has 1 amide bonds. The Balaban J connectivity index is 1.79. The summed E-state index contributed by atoms with van der Waals surface area (Å²) in [7, 11) is 0. The van der Waals surface area contributed by atoms with Gasteiger partial charge in [0, 0.05) is 23.2 Å². The van der Waals surface area contributed by atoms with Gasteiger partial charge >= 0.3 is 0 Å². The number of benzene rings is 2. The second-order valence-corrected chi connectivity index (χ2v) is 6.06.